The molecule has 1 aromatic carbocycles. The van der Waals surface area contributed by atoms with E-state index in [1.54, 1.807) is 0 Å². The molecule has 1 heterocycles. The van der Waals surface area contributed by atoms with Crippen LogP contribution in [0, 0.1) is 29.4 Å². The summed E-state index contributed by atoms with van der Waals surface area (Å²) in [5.74, 6) is 1.02. The zero-order chi connectivity index (χ0) is 19.5. The van der Waals surface area contributed by atoms with Gasteiger partial charge in [-0.1, -0.05) is 64.2 Å². The van der Waals surface area contributed by atoms with E-state index in [4.69, 9.17) is 4.74 Å². The lowest BCUT2D eigenvalue weighted by molar-refractivity contribution is 0.134. The summed E-state index contributed by atoms with van der Waals surface area (Å²) >= 11 is 0. The second-order valence-corrected chi connectivity index (χ2v) is 9.62. The number of halogens is 2. The predicted octanol–water partition coefficient (Wildman–Crippen LogP) is 7.39. The van der Waals surface area contributed by atoms with E-state index >= 15 is 0 Å². The SMILES string of the molecule is CC1CCc2cc(CCC(C3CCCCC3)C3CCCCC3)c(F)c(F)c2O1. The number of aryl methyl sites for hydroxylation is 2. The van der Waals surface area contributed by atoms with Gasteiger partial charge in [0.05, 0.1) is 6.10 Å². The normalized spacial score (nSPS) is 24.2. The van der Waals surface area contributed by atoms with Crippen LogP contribution in [0.2, 0.25) is 0 Å². The van der Waals surface area contributed by atoms with Gasteiger partial charge in [-0.2, -0.15) is 4.39 Å². The van der Waals surface area contributed by atoms with Crippen molar-refractivity contribution in [3.8, 4) is 5.75 Å². The van der Waals surface area contributed by atoms with Crippen molar-refractivity contribution in [3.63, 3.8) is 0 Å². The third kappa shape index (κ3) is 4.39. The van der Waals surface area contributed by atoms with Crippen LogP contribution in [0.5, 0.6) is 5.75 Å². The molecule has 2 fully saturated rings. The largest absolute Gasteiger partial charge is 0.487 e. The van der Waals surface area contributed by atoms with Crippen molar-refractivity contribution in [1.29, 1.82) is 0 Å². The van der Waals surface area contributed by atoms with E-state index in [1.165, 1.54) is 64.2 Å². The standard InChI is InChI=1S/C25H36F2O/c1-17-12-13-21-16-20(23(26)24(27)25(21)28-17)14-15-22(18-8-4-2-5-9-18)19-10-6-3-7-11-19/h16-19,22H,2-15H2,1H3. The summed E-state index contributed by atoms with van der Waals surface area (Å²) in [7, 11) is 0. The second-order valence-electron chi connectivity index (χ2n) is 9.62. The maximum Gasteiger partial charge on any atom is 0.201 e. The average molecular weight is 391 g/mol. The molecule has 0 spiro atoms. The van der Waals surface area contributed by atoms with Gasteiger partial charge in [-0.3, -0.25) is 0 Å². The topological polar surface area (TPSA) is 9.23 Å². The fourth-order valence-electron chi connectivity index (χ4n) is 6.14. The molecular formula is C25H36F2O. The highest BCUT2D eigenvalue weighted by molar-refractivity contribution is 5.41. The molecule has 1 aliphatic heterocycles. The zero-order valence-electron chi connectivity index (χ0n) is 17.5. The molecule has 0 N–H and O–H groups in total. The summed E-state index contributed by atoms with van der Waals surface area (Å²) in [6.07, 6.45) is 16.8. The number of hydrogen-bond acceptors (Lipinski definition) is 1. The van der Waals surface area contributed by atoms with Gasteiger partial charge in [-0.25, -0.2) is 4.39 Å². The maximum atomic E-state index is 14.8. The molecule has 4 rings (SSSR count). The van der Waals surface area contributed by atoms with Gasteiger partial charge in [-0.15, -0.1) is 0 Å². The monoisotopic (exact) mass is 390 g/mol. The highest BCUT2D eigenvalue weighted by Crippen LogP contribution is 2.43. The Bertz CT molecular complexity index is 641. The fourth-order valence-corrected chi connectivity index (χ4v) is 6.14. The summed E-state index contributed by atoms with van der Waals surface area (Å²) in [6, 6.07) is 1.90. The van der Waals surface area contributed by atoms with Gasteiger partial charge in [0, 0.05) is 0 Å². The van der Waals surface area contributed by atoms with Gasteiger partial charge in [-0.05, 0) is 67.6 Å². The summed E-state index contributed by atoms with van der Waals surface area (Å²) in [6.45, 7) is 1.92. The van der Waals surface area contributed by atoms with Gasteiger partial charge in [0.15, 0.2) is 11.6 Å². The maximum absolute atomic E-state index is 14.8. The molecule has 0 saturated heterocycles. The van der Waals surface area contributed by atoms with E-state index in [2.05, 4.69) is 0 Å². The van der Waals surface area contributed by atoms with Crippen LogP contribution in [-0.2, 0) is 12.8 Å². The van der Waals surface area contributed by atoms with Gasteiger partial charge < -0.3 is 4.74 Å². The zero-order valence-corrected chi connectivity index (χ0v) is 17.5. The Morgan fingerprint density at radius 1 is 0.893 bits per heavy atom. The van der Waals surface area contributed by atoms with Gasteiger partial charge >= 0.3 is 0 Å². The van der Waals surface area contributed by atoms with Crippen LogP contribution < -0.4 is 4.74 Å². The third-order valence-electron chi connectivity index (χ3n) is 7.71. The molecular weight excluding hydrogens is 354 g/mol. The summed E-state index contributed by atoms with van der Waals surface area (Å²) in [5.41, 5.74) is 1.44. The molecule has 1 nitrogen and oxygen atoms in total. The smallest absolute Gasteiger partial charge is 0.201 e. The second kappa shape index (κ2) is 9.13. The molecule has 2 saturated carbocycles. The molecule has 0 aromatic heterocycles. The predicted molar refractivity (Wildman–Crippen MR) is 110 cm³/mol. The average Bonchev–Trinajstić information content (AvgIpc) is 2.74. The number of ether oxygens (including phenoxy) is 1. The number of fused-ring (bicyclic) bond motifs is 1. The van der Waals surface area contributed by atoms with Crippen molar-refractivity contribution in [3.05, 3.63) is 28.8 Å². The molecule has 3 aliphatic rings. The van der Waals surface area contributed by atoms with Crippen LogP contribution in [0.1, 0.15) is 95.1 Å². The Morgan fingerprint density at radius 3 is 2.11 bits per heavy atom. The van der Waals surface area contributed by atoms with E-state index < -0.39 is 11.6 Å². The first-order chi connectivity index (χ1) is 13.6. The Hall–Kier alpha value is -1.12. The minimum absolute atomic E-state index is 0.0331. The van der Waals surface area contributed by atoms with E-state index in [1.807, 2.05) is 13.0 Å². The van der Waals surface area contributed by atoms with Crippen LogP contribution in [0.15, 0.2) is 6.07 Å². The Labute approximate surface area is 169 Å². The van der Waals surface area contributed by atoms with Crippen LogP contribution in [-0.4, -0.2) is 6.10 Å². The fraction of sp³-hybridized carbons (Fsp3) is 0.760. The molecule has 0 radical (unpaired) electrons. The van der Waals surface area contributed by atoms with E-state index in [9.17, 15) is 8.78 Å². The van der Waals surface area contributed by atoms with E-state index in [-0.39, 0.29) is 11.9 Å². The molecule has 2 aliphatic carbocycles. The van der Waals surface area contributed by atoms with Crippen molar-refractivity contribution >= 4 is 0 Å². The molecule has 1 unspecified atom stereocenters. The van der Waals surface area contributed by atoms with Gasteiger partial charge in [0.2, 0.25) is 5.82 Å². The first-order valence-electron chi connectivity index (χ1n) is 11.8. The number of rotatable bonds is 5. The number of benzene rings is 1. The van der Waals surface area contributed by atoms with E-state index in [0.29, 0.717) is 17.9 Å². The lowest BCUT2D eigenvalue weighted by Gasteiger charge is -2.38. The lowest BCUT2D eigenvalue weighted by atomic mass is 9.68. The number of hydrogen-bond donors (Lipinski definition) is 0. The van der Waals surface area contributed by atoms with Gasteiger partial charge in [0.1, 0.15) is 0 Å². The lowest BCUT2D eigenvalue weighted by Crippen LogP contribution is -2.28. The minimum Gasteiger partial charge on any atom is -0.487 e. The van der Waals surface area contributed by atoms with Crippen molar-refractivity contribution in [2.24, 2.45) is 17.8 Å². The van der Waals surface area contributed by atoms with Crippen LogP contribution >= 0.6 is 0 Å². The van der Waals surface area contributed by atoms with Crippen LogP contribution in [0.25, 0.3) is 0 Å². The Balaban J connectivity index is 1.51. The summed E-state index contributed by atoms with van der Waals surface area (Å²) in [5, 5.41) is 0. The molecule has 28 heavy (non-hydrogen) atoms. The minimum atomic E-state index is -0.758. The summed E-state index contributed by atoms with van der Waals surface area (Å²) in [4.78, 5) is 0. The van der Waals surface area contributed by atoms with Crippen LogP contribution in [0.3, 0.4) is 0 Å². The first kappa shape index (κ1) is 20.2. The van der Waals surface area contributed by atoms with Gasteiger partial charge in [0.25, 0.3) is 0 Å². The summed E-state index contributed by atoms with van der Waals surface area (Å²) < 4.78 is 35.0. The Morgan fingerprint density at radius 2 is 1.50 bits per heavy atom. The molecule has 3 heteroatoms. The first-order valence-corrected chi connectivity index (χ1v) is 11.8. The van der Waals surface area contributed by atoms with Crippen molar-refractivity contribution in [2.75, 3.05) is 0 Å². The molecule has 1 atom stereocenters. The van der Waals surface area contributed by atoms with Crippen LogP contribution in [0.4, 0.5) is 8.78 Å². The van der Waals surface area contributed by atoms with Crippen molar-refractivity contribution in [1.82, 2.24) is 0 Å². The van der Waals surface area contributed by atoms with E-state index in [0.717, 1.165) is 36.7 Å². The molecule has 0 amide bonds. The van der Waals surface area contributed by atoms with Crippen molar-refractivity contribution in [2.45, 2.75) is 103 Å². The highest BCUT2D eigenvalue weighted by atomic mass is 19.2. The molecule has 156 valence electrons. The van der Waals surface area contributed by atoms with Crippen molar-refractivity contribution < 1.29 is 13.5 Å². The third-order valence-corrected chi connectivity index (χ3v) is 7.71. The molecule has 0 bridgehead atoms. The Kier molecular flexibility index (Phi) is 6.58. The molecule has 1 aromatic rings. The highest BCUT2D eigenvalue weighted by Gasteiger charge is 2.32. The quantitative estimate of drug-likeness (QED) is 0.509.